The lowest BCUT2D eigenvalue weighted by Gasteiger charge is -2.14. The van der Waals surface area contributed by atoms with Crippen LogP contribution in [-0.2, 0) is 12.5 Å². The van der Waals surface area contributed by atoms with Crippen molar-refractivity contribution in [2.24, 2.45) is 0 Å². The van der Waals surface area contributed by atoms with Gasteiger partial charge in [-0.3, -0.25) is 0 Å². The molecule has 2 nitrogen and oxygen atoms in total. The highest BCUT2D eigenvalue weighted by Crippen LogP contribution is 2.36. The van der Waals surface area contributed by atoms with E-state index in [4.69, 9.17) is 32.7 Å². The molecule has 5 heteroatoms. The minimum atomic E-state index is -0.299. The van der Waals surface area contributed by atoms with E-state index >= 15 is 0 Å². The Bertz CT molecular complexity index is 577. The average molecular weight is 315 g/mol. The number of hydrogen-bond acceptors (Lipinski definition) is 2. The zero-order valence-corrected chi connectivity index (χ0v) is 12.3. The van der Waals surface area contributed by atoms with Crippen molar-refractivity contribution >= 4 is 23.2 Å². The first kappa shape index (κ1) is 14.9. The van der Waals surface area contributed by atoms with Gasteiger partial charge in [0.1, 0.15) is 12.4 Å². The van der Waals surface area contributed by atoms with E-state index in [1.807, 2.05) is 0 Å². The van der Waals surface area contributed by atoms with Gasteiger partial charge in [0, 0.05) is 16.7 Å². The molecule has 106 valence electrons. The number of ether oxygens (including phenoxy) is 2. The van der Waals surface area contributed by atoms with E-state index in [0.717, 1.165) is 11.1 Å². The Hall–Kier alpha value is -1.45. The van der Waals surface area contributed by atoms with E-state index in [2.05, 4.69) is 0 Å². The molecule has 0 heterocycles. The van der Waals surface area contributed by atoms with Gasteiger partial charge in [0.15, 0.2) is 11.5 Å². The quantitative estimate of drug-likeness (QED) is 0.738. The topological polar surface area (TPSA) is 18.5 Å². The molecule has 0 aliphatic carbocycles. The Balaban J connectivity index is 2.24. The molecule has 2 aromatic carbocycles. The predicted molar refractivity (Wildman–Crippen MR) is 78.3 cm³/mol. The number of alkyl halides is 1. The van der Waals surface area contributed by atoms with Crippen molar-refractivity contribution in [2.45, 2.75) is 12.5 Å². The first-order valence-corrected chi connectivity index (χ1v) is 6.85. The minimum absolute atomic E-state index is 0.222. The normalized spacial score (nSPS) is 10.4. The van der Waals surface area contributed by atoms with Crippen LogP contribution in [-0.4, -0.2) is 7.11 Å². The Morgan fingerprint density at radius 3 is 2.65 bits per heavy atom. The van der Waals surface area contributed by atoms with Crippen LogP contribution < -0.4 is 9.47 Å². The molecule has 0 atom stereocenters. The maximum absolute atomic E-state index is 13.1. The molecule has 0 aromatic heterocycles. The zero-order chi connectivity index (χ0) is 14.5. The summed E-state index contributed by atoms with van der Waals surface area (Å²) in [5, 5.41) is 0.524. The standard InChI is InChI=1S/C15H13Cl2FO2/c1-19-14-7-12(17)6-11(8-16)15(14)20-9-10-3-2-4-13(18)5-10/h2-7H,8-9H2,1H3. The van der Waals surface area contributed by atoms with E-state index in [1.165, 1.54) is 19.2 Å². The number of halogens is 3. The van der Waals surface area contributed by atoms with Crippen LogP contribution in [0.3, 0.4) is 0 Å². The van der Waals surface area contributed by atoms with Crippen LogP contribution in [0.25, 0.3) is 0 Å². The van der Waals surface area contributed by atoms with E-state index in [9.17, 15) is 4.39 Å². The van der Waals surface area contributed by atoms with Crippen molar-refractivity contribution in [1.82, 2.24) is 0 Å². The Morgan fingerprint density at radius 2 is 2.00 bits per heavy atom. The second kappa shape index (κ2) is 6.82. The van der Waals surface area contributed by atoms with E-state index in [1.54, 1.807) is 24.3 Å². The second-order valence-corrected chi connectivity index (χ2v) is 4.85. The van der Waals surface area contributed by atoms with Gasteiger partial charge in [0.25, 0.3) is 0 Å². The molecule has 0 radical (unpaired) electrons. The van der Waals surface area contributed by atoms with Gasteiger partial charge in [0.2, 0.25) is 0 Å². The van der Waals surface area contributed by atoms with Crippen LogP contribution >= 0.6 is 23.2 Å². The van der Waals surface area contributed by atoms with Gasteiger partial charge in [-0.15, -0.1) is 11.6 Å². The van der Waals surface area contributed by atoms with Crippen molar-refractivity contribution < 1.29 is 13.9 Å². The first-order valence-electron chi connectivity index (χ1n) is 5.93. The summed E-state index contributed by atoms with van der Waals surface area (Å²) in [6.07, 6.45) is 0. The molecule has 0 spiro atoms. The highest BCUT2D eigenvalue weighted by Gasteiger charge is 2.12. The number of rotatable bonds is 5. The summed E-state index contributed by atoms with van der Waals surface area (Å²) in [5.74, 6) is 0.975. The fraction of sp³-hybridized carbons (Fsp3) is 0.200. The first-order chi connectivity index (χ1) is 9.63. The van der Waals surface area contributed by atoms with Crippen LogP contribution in [0, 0.1) is 5.82 Å². The third-order valence-corrected chi connectivity index (χ3v) is 3.24. The monoisotopic (exact) mass is 314 g/mol. The average Bonchev–Trinajstić information content (AvgIpc) is 2.45. The van der Waals surface area contributed by atoms with Crippen LogP contribution in [0.5, 0.6) is 11.5 Å². The lowest BCUT2D eigenvalue weighted by Crippen LogP contribution is -2.01. The molecule has 20 heavy (non-hydrogen) atoms. The summed E-state index contributed by atoms with van der Waals surface area (Å²) in [5.41, 5.74) is 1.45. The van der Waals surface area contributed by atoms with Crippen molar-refractivity contribution in [2.75, 3.05) is 7.11 Å². The highest BCUT2D eigenvalue weighted by molar-refractivity contribution is 6.31. The summed E-state index contributed by atoms with van der Waals surface area (Å²) in [6.45, 7) is 0.222. The summed E-state index contributed by atoms with van der Waals surface area (Å²) < 4.78 is 24.1. The molecule has 2 aromatic rings. The van der Waals surface area contributed by atoms with Crippen LogP contribution in [0.1, 0.15) is 11.1 Å². The Kier molecular flexibility index (Phi) is 5.10. The van der Waals surface area contributed by atoms with E-state index in [-0.39, 0.29) is 18.3 Å². The molecule has 0 unspecified atom stereocenters. The molecular formula is C15H13Cl2FO2. The summed E-state index contributed by atoms with van der Waals surface area (Å²) in [6, 6.07) is 9.59. The van der Waals surface area contributed by atoms with Crippen molar-refractivity contribution in [3.63, 3.8) is 0 Å². The molecule has 2 rings (SSSR count). The third kappa shape index (κ3) is 3.56. The number of benzene rings is 2. The molecule has 0 N–H and O–H groups in total. The van der Waals surface area contributed by atoms with Crippen LogP contribution in [0.4, 0.5) is 4.39 Å². The van der Waals surface area contributed by atoms with Crippen molar-refractivity contribution in [3.05, 3.63) is 58.4 Å². The van der Waals surface area contributed by atoms with Crippen molar-refractivity contribution in [1.29, 1.82) is 0 Å². The SMILES string of the molecule is COc1cc(Cl)cc(CCl)c1OCc1cccc(F)c1. The van der Waals surface area contributed by atoms with E-state index in [0.29, 0.717) is 16.5 Å². The van der Waals surface area contributed by atoms with E-state index < -0.39 is 0 Å². The van der Waals surface area contributed by atoms with Crippen LogP contribution in [0.15, 0.2) is 36.4 Å². The largest absolute Gasteiger partial charge is 0.493 e. The van der Waals surface area contributed by atoms with Gasteiger partial charge >= 0.3 is 0 Å². The lowest BCUT2D eigenvalue weighted by atomic mass is 10.2. The molecule has 0 amide bonds. The van der Waals surface area contributed by atoms with Gasteiger partial charge in [-0.2, -0.15) is 0 Å². The smallest absolute Gasteiger partial charge is 0.166 e. The molecule has 0 aliphatic rings. The Morgan fingerprint density at radius 1 is 1.20 bits per heavy atom. The molecule has 0 saturated carbocycles. The molecule has 0 bridgehead atoms. The third-order valence-electron chi connectivity index (χ3n) is 2.73. The van der Waals surface area contributed by atoms with Crippen LogP contribution in [0.2, 0.25) is 5.02 Å². The van der Waals surface area contributed by atoms with Gasteiger partial charge in [-0.05, 0) is 23.8 Å². The second-order valence-electron chi connectivity index (χ2n) is 4.15. The maximum Gasteiger partial charge on any atom is 0.166 e. The summed E-state index contributed by atoms with van der Waals surface area (Å²) in [4.78, 5) is 0. The fourth-order valence-corrected chi connectivity index (χ4v) is 2.25. The predicted octanol–water partition coefficient (Wildman–Crippen LogP) is 4.81. The lowest BCUT2D eigenvalue weighted by molar-refractivity contribution is 0.282. The van der Waals surface area contributed by atoms with Gasteiger partial charge < -0.3 is 9.47 Å². The summed E-state index contributed by atoms with van der Waals surface area (Å²) in [7, 11) is 1.53. The van der Waals surface area contributed by atoms with Crippen molar-refractivity contribution in [3.8, 4) is 11.5 Å². The number of methoxy groups -OCH3 is 1. The van der Waals surface area contributed by atoms with Gasteiger partial charge in [-0.1, -0.05) is 23.7 Å². The molecule has 0 aliphatic heterocycles. The molecular weight excluding hydrogens is 302 g/mol. The minimum Gasteiger partial charge on any atom is -0.493 e. The fourth-order valence-electron chi connectivity index (χ4n) is 1.82. The highest BCUT2D eigenvalue weighted by atomic mass is 35.5. The van der Waals surface area contributed by atoms with Gasteiger partial charge in [-0.25, -0.2) is 4.39 Å². The Labute approximate surface area is 127 Å². The zero-order valence-electron chi connectivity index (χ0n) is 10.8. The maximum atomic E-state index is 13.1. The number of hydrogen-bond donors (Lipinski definition) is 0. The van der Waals surface area contributed by atoms with Gasteiger partial charge in [0.05, 0.1) is 13.0 Å². The molecule has 0 saturated heterocycles. The summed E-state index contributed by atoms with van der Waals surface area (Å²) >= 11 is 11.9. The molecule has 0 fully saturated rings.